The van der Waals surface area contributed by atoms with Crippen LogP contribution in [0.1, 0.15) is 11.6 Å². The molecule has 18 heavy (non-hydrogen) atoms. The van der Waals surface area contributed by atoms with Crippen LogP contribution in [-0.2, 0) is 0 Å². The summed E-state index contributed by atoms with van der Waals surface area (Å²) in [5.74, 6) is 0.214. The molecule has 0 fully saturated rings. The van der Waals surface area contributed by atoms with E-state index < -0.39 is 12.1 Å². The minimum Gasteiger partial charge on any atom is -0.385 e. The molecule has 2 amide bonds. The highest BCUT2D eigenvalue weighted by molar-refractivity contribution is 6.34. The zero-order valence-electron chi connectivity index (χ0n) is 9.44. The van der Waals surface area contributed by atoms with Gasteiger partial charge in [-0.15, -0.1) is 6.58 Å². The average Bonchev–Trinajstić information content (AvgIpc) is 2.58. The summed E-state index contributed by atoms with van der Waals surface area (Å²) in [7, 11) is 0. The Labute approximate surface area is 115 Å². The first-order chi connectivity index (χ1) is 8.54. The average molecular weight is 284 g/mol. The van der Waals surface area contributed by atoms with Crippen LogP contribution in [0.3, 0.4) is 0 Å². The van der Waals surface area contributed by atoms with Crippen molar-refractivity contribution in [2.75, 3.05) is 6.54 Å². The topological polar surface area (TPSA) is 58.7 Å². The summed E-state index contributed by atoms with van der Waals surface area (Å²) in [5, 5.41) is 1.02. The molecular weight excluding hydrogens is 273 g/mol. The van der Waals surface area contributed by atoms with Crippen molar-refractivity contribution < 1.29 is 4.79 Å². The molecule has 1 aromatic carbocycles. The number of carbonyl (C=O) groups is 1. The quantitative estimate of drug-likeness (QED) is 0.867. The fraction of sp³-hybridized carbons (Fsp3) is 0.167. The van der Waals surface area contributed by atoms with Gasteiger partial charge in [0, 0.05) is 22.2 Å². The van der Waals surface area contributed by atoms with Crippen LogP contribution in [0.25, 0.3) is 0 Å². The van der Waals surface area contributed by atoms with Gasteiger partial charge in [0.15, 0.2) is 0 Å². The highest BCUT2D eigenvalue weighted by atomic mass is 35.5. The van der Waals surface area contributed by atoms with Gasteiger partial charge < -0.3 is 10.6 Å². The molecule has 1 heterocycles. The molecule has 1 aliphatic heterocycles. The van der Waals surface area contributed by atoms with Crippen molar-refractivity contribution in [3.63, 3.8) is 0 Å². The van der Waals surface area contributed by atoms with Gasteiger partial charge in [-0.25, -0.2) is 4.79 Å². The van der Waals surface area contributed by atoms with Crippen molar-refractivity contribution in [1.29, 1.82) is 0 Å². The van der Waals surface area contributed by atoms with Gasteiger partial charge in [0.2, 0.25) is 0 Å². The standard InChI is InChI=1S/C12H11Cl2N3O/c1-2-5-17-10(11(15)16-12(17)18)8-6-7(13)3-4-9(8)14/h2-4,6,10H,1,5H2,(H2,15,16,18). The van der Waals surface area contributed by atoms with Crippen LogP contribution < -0.4 is 5.73 Å². The number of amides is 2. The van der Waals surface area contributed by atoms with Gasteiger partial charge >= 0.3 is 6.03 Å². The normalized spacial score (nSPS) is 19.0. The monoisotopic (exact) mass is 283 g/mol. The third-order valence-corrected chi connectivity index (χ3v) is 3.22. The lowest BCUT2D eigenvalue weighted by Gasteiger charge is -2.24. The Morgan fingerprint density at radius 3 is 2.89 bits per heavy atom. The first-order valence-corrected chi connectivity index (χ1v) is 6.00. The van der Waals surface area contributed by atoms with Crippen LogP contribution in [0.2, 0.25) is 10.0 Å². The minimum atomic E-state index is -0.485. The number of carbonyl (C=O) groups excluding carboxylic acids is 1. The number of nitrogens with two attached hydrogens (primary N) is 1. The first kappa shape index (κ1) is 12.9. The summed E-state index contributed by atoms with van der Waals surface area (Å²) in [6.45, 7) is 3.95. The lowest BCUT2D eigenvalue weighted by molar-refractivity contribution is 0.213. The molecule has 0 radical (unpaired) electrons. The van der Waals surface area contributed by atoms with Crippen LogP contribution in [0.4, 0.5) is 4.79 Å². The Morgan fingerprint density at radius 1 is 1.50 bits per heavy atom. The number of hydrogen-bond donors (Lipinski definition) is 1. The molecule has 2 rings (SSSR count). The zero-order valence-corrected chi connectivity index (χ0v) is 10.9. The number of aliphatic imine (C=N–C) groups is 1. The zero-order chi connectivity index (χ0) is 13.3. The van der Waals surface area contributed by atoms with Crippen molar-refractivity contribution in [2.45, 2.75) is 6.04 Å². The van der Waals surface area contributed by atoms with E-state index >= 15 is 0 Å². The van der Waals surface area contributed by atoms with Crippen molar-refractivity contribution in [3.8, 4) is 0 Å². The van der Waals surface area contributed by atoms with Crippen LogP contribution >= 0.6 is 23.2 Å². The van der Waals surface area contributed by atoms with E-state index in [0.717, 1.165) is 0 Å². The Morgan fingerprint density at radius 2 is 2.22 bits per heavy atom. The van der Waals surface area contributed by atoms with Crippen molar-refractivity contribution in [3.05, 3.63) is 46.5 Å². The predicted molar refractivity (Wildman–Crippen MR) is 73.1 cm³/mol. The molecule has 1 aliphatic rings. The summed E-state index contributed by atoms with van der Waals surface area (Å²) in [6.07, 6.45) is 1.61. The number of urea groups is 1. The number of benzene rings is 1. The number of halogens is 2. The first-order valence-electron chi connectivity index (χ1n) is 5.25. The van der Waals surface area contributed by atoms with E-state index in [-0.39, 0.29) is 5.84 Å². The van der Waals surface area contributed by atoms with Crippen LogP contribution in [-0.4, -0.2) is 23.3 Å². The molecule has 0 saturated carbocycles. The fourth-order valence-corrected chi connectivity index (χ4v) is 2.28. The van der Waals surface area contributed by atoms with E-state index in [2.05, 4.69) is 11.6 Å². The largest absolute Gasteiger partial charge is 0.385 e. The van der Waals surface area contributed by atoms with E-state index in [1.165, 1.54) is 4.90 Å². The van der Waals surface area contributed by atoms with Gasteiger partial charge in [0.1, 0.15) is 11.9 Å². The molecule has 1 atom stereocenters. The van der Waals surface area contributed by atoms with E-state index in [0.29, 0.717) is 22.2 Å². The fourth-order valence-electron chi connectivity index (χ4n) is 1.88. The van der Waals surface area contributed by atoms with E-state index in [1.54, 1.807) is 24.3 Å². The summed E-state index contributed by atoms with van der Waals surface area (Å²) < 4.78 is 0. The maximum absolute atomic E-state index is 11.7. The van der Waals surface area contributed by atoms with Gasteiger partial charge in [-0.3, -0.25) is 0 Å². The third kappa shape index (κ3) is 2.21. The molecular formula is C12H11Cl2N3O. The molecule has 0 saturated heterocycles. The molecule has 1 aromatic rings. The van der Waals surface area contributed by atoms with E-state index in [1.807, 2.05) is 0 Å². The second kappa shape index (κ2) is 5.00. The lowest BCUT2D eigenvalue weighted by atomic mass is 10.1. The third-order valence-electron chi connectivity index (χ3n) is 2.64. The Bertz CT molecular complexity index is 542. The van der Waals surface area contributed by atoms with Crippen LogP contribution in [0.5, 0.6) is 0 Å². The summed E-state index contributed by atoms with van der Waals surface area (Å²) in [4.78, 5) is 16.9. The Balaban J connectivity index is 2.47. The molecule has 94 valence electrons. The molecule has 0 aromatic heterocycles. The molecule has 0 spiro atoms. The maximum Gasteiger partial charge on any atom is 0.346 e. The number of nitrogens with zero attached hydrogens (tertiary/aromatic N) is 2. The molecule has 2 N–H and O–H groups in total. The summed E-state index contributed by atoms with van der Waals surface area (Å²) >= 11 is 12.1. The van der Waals surface area contributed by atoms with E-state index in [9.17, 15) is 4.79 Å². The molecule has 1 unspecified atom stereocenters. The summed E-state index contributed by atoms with van der Waals surface area (Å²) in [5.41, 5.74) is 6.46. The van der Waals surface area contributed by atoms with Gasteiger partial charge in [0.25, 0.3) is 0 Å². The number of hydrogen-bond acceptors (Lipinski definition) is 2. The van der Waals surface area contributed by atoms with Crippen molar-refractivity contribution >= 4 is 35.1 Å². The van der Waals surface area contributed by atoms with Gasteiger partial charge in [-0.05, 0) is 18.2 Å². The van der Waals surface area contributed by atoms with Gasteiger partial charge in [-0.1, -0.05) is 29.3 Å². The number of rotatable bonds is 3. The molecule has 6 heteroatoms. The van der Waals surface area contributed by atoms with Crippen molar-refractivity contribution in [1.82, 2.24) is 4.90 Å². The predicted octanol–water partition coefficient (Wildman–Crippen LogP) is 3.01. The van der Waals surface area contributed by atoms with Crippen LogP contribution in [0.15, 0.2) is 35.8 Å². The molecule has 4 nitrogen and oxygen atoms in total. The van der Waals surface area contributed by atoms with Crippen molar-refractivity contribution in [2.24, 2.45) is 10.7 Å². The highest BCUT2D eigenvalue weighted by Gasteiger charge is 2.35. The lowest BCUT2D eigenvalue weighted by Crippen LogP contribution is -2.33. The van der Waals surface area contributed by atoms with Gasteiger partial charge in [0.05, 0.1) is 0 Å². The van der Waals surface area contributed by atoms with Crippen LogP contribution in [0, 0.1) is 0 Å². The second-order valence-corrected chi connectivity index (χ2v) is 4.67. The molecule has 0 aliphatic carbocycles. The molecule has 0 bridgehead atoms. The van der Waals surface area contributed by atoms with E-state index in [4.69, 9.17) is 28.9 Å². The summed E-state index contributed by atoms with van der Waals surface area (Å²) in [6, 6.07) is 4.15. The van der Waals surface area contributed by atoms with Gasteiger partial charge in [-0.2, -0.15) is 4.99 Å². The Hall–Kier alpha value is -1.52. The smallest absolute Gasteiger partial charge is 0.346 e. The maximum atomic E-state index is 11.7. The second-order valence-electron chi connectivity index (χ2n) is 3.83. The number of amidine groups is 1. The Kier molecular flexibility index (Phi) is 3.59. The SMILES string of the molecule is C=CCN1C(=O)N=C(N)C1c1cc(Cl)ccc1Cl. The minimum absolute atomic E-state index is 0.214. The highest BCUT2D eigenvalue weighted by Crippen LogP contribution is 2.33.